The van der Waals surface area contributed by atoms with Crippen LogP contribution in [0.3, 0.4) is 0 Å². The van der Waals surface area contributed by atoms with Gasteiger partial charge in [-0.1, -0.05) is 18.2 Å². The van der Waals surface area contributed by atoms with Crippen molar-refractivity contribution in [2.75, 3.05) is 27.4 Å². The predicted octanol–water partition coefficient (Wildman–Crippen LogP) is 3.89. The van der Waals surface area contributed by atoms with Crippen molar-refractivity contribution in [2.24, 2.45) is 0 Å². The predicted molar refractivity (Wildman–Crippen MR) is 120 cm³/mol. The van der Waals surface area contributed by atoms with Gasteiger partial charge in [0, 0.05) is 25.8 Å². The van der Waals surface area contributed by atoms with Crippen LogP contribution in [0.1, 0.15) is 15.9 Å². The van der Waals surface area contributed by atoms with E-state index in [4.69, 9.17) is 13.7 Å². The Morgan fingerprint density at radius 1 is 0.939 bits per heavy atom. The molecule has 1 amide bonds. The maximum Gasteiger partial charge on any atom is 0.339 e. The molecule has 0 radical (unpaired) electrons. The summed E-state index contributed by atoms with van der Waals surface area (Å²) in [7, 11) is -1.06. The third-order valence-electron chi connectivity index (χ3n) is 4.75. The molecule has 0 bridgehead atoms. The van der Waals surface area contributed by atoms with Gasteiger partial charge in [0.2, 0.25) is 0 Å². The zero-order valence-electron chi connectivity index (χ0n) is 18.2. The maximum atomic E-state index is 13.6. The van der Waals surface area contributed by atoms with Crippen molar-refractivity contribution >= 4 is 16.0 Å². The van der Waals surface area contributed by atoms with Gasteiger partial charge in [0.1, 0.15) is 22.2 Å². The fraction of sp³-hybridized carbons (Fsp3) is 0.208. The van der Waals surface area contributed by atoms with Crippen LogP contribution in [0.5, 0.6) is 11.5 Å². The summed E-state index contributed by atoms with van der Waals surface area (Å²) in [5.74, 6) is -0.251. The Kier molecular flexibility index (Phi) is 8.02. The highest BCUT2D eigenvalue weighted by molar-refractivity contribution is 7.87. The van der Waals surface area contributed by atoms with Crippen LogP contribution in [0.2, 0.25) is 0 Å². The van der Waals surface area contributed by atoms with E-state index in [0.29, 0.717) is 11.3 Å². The molecule has 7 nitrogen and oxygen atoms in total. The van der Waals surface area contributed by atoms with Crippen LogP contribution in [-0.2, 0) is 21.4 Å². The third kappa shape index (κ3) is 6.53. The number of carbonyl (C=O) groups excluding carboxylic acids is 1. The van der Waals surface area contributed by atoms with Crippen LogP contribution in [0, 0.1) is 5.82 Å². The van der Waals surface area contributed by atoms with E-state index in [9.17, 15) is 17.6 Å². The van der Waals surface area contributed by atoms with Crippen LogP contribution in [0.4, 0.5) is 4.39 Å². The lowest BCUT2D eigenvalue weighted by Crippen LogP contribution is -2.33. The summed E-state index contributed by atoms with van der Waals surface area (Å²) in [6, 6.07) is 17.7. The summed E-state index contributed by atoms with van der Waals surface area (Å²) in [4.78, 5) is 14.4. The summed E-state index contributed by atoms with van der Waals surface area (Å²) in [6.45, 7) is 0.697. The first-order valence-electron chi connectivity index (χ1n) is 10.0. The molecule has 0 heterocycles. The number of nitrogens with zero attached hydrogens (tertiary/aromatic N) is 1. The lowest BCUT2D eigenvalue weighted by molar-refractivity contribution is 0.0680. The normalized spacial score (nSPS) is 11.1. The Morgan fingerprint density at radius 3 is 2.33 bits per heavy atom. The SMILES string of the molecule is COCCN(Cc1cccc(OS(=O)(=O)c2ccc(OC)cc2)c1)C(=O)c1cccc(F)c1. The smallest absolute Gasteiger partial charge is 0.339 e. The summed E-state index contributed by atoms with van der Waals surface area (Å²) >= 11 is 0. The first-order valence-corrected chi connectivity index (χ1v) is 11.4. The molecule has 0 saturated carbocycles. The van der Waals surface area contributed by atoms with Crippen molar-refractivity contribution in [1.29, 1.82) is 0 Å². The molecule has 0 fully saturated rings. The number of amides is 1. The Bertz CT molecular complexity index is 1200. The highest BCUT2D eigenvalue weighted by Crippen LogP contribution is 2.23. The van der Waals surface area contributed by atoms with Crippen molar-refractivity contribution in [3.8, 4) is 11.5 Å². The van der Waals surface area contributed by atoms with Gasteiger partial charge in [-0.25, -0.2) is 4.39 Å². The van der Waals surface area contributed by atoms with Gasteiger partial charge < -0.3 is 18.6 Å². The number of halogens is 1. The van der Waals surface area contributed by atoms with E-state index in [1.54, 1.807) is 18.2 Å². The minimum absolute atomic E-state index is 0.0169. The molecule has 0 aliphatic rings. The molecule has 33 heavy (non-hydrogen) atoms. The van der Waals surface area contributed by atoms with Gasteiger partial charge in [-0.15, -0.1) is 0 Å². The second kappa shape index (κ2) is 10.9. The van der Waals surface area contributed by atoms with Gasteiger partial charge in [-0.3, -0.25) is 4.79 Å². The number of carbonyl (C=O) groups is 1. The van der Waals surface area contributed by atoms with E-state index in [2.05, 4.69) is 0 Å². The van der Waals surface area contributed by atoms with E-state index in [0.717, 1.165) is 0 Å². The van der Waals surface area contributed by atoms with Gasteiger partial charge in [-0.05, 0) is 60.2 Å². The number of ether oxygens (including phenoxy) is 2. The summed E-state index contributed by atoms with van der Waals surface area (Å²) < 4.78 is 54.2. The Balaban J connectivity index is 1.79. The molecule has 0 saturated heterocycles. The van der Waals surface area contributed by atoms with Crippen molar-refractivity contribution in [3.05, 3.63) is 89.7 Å². The molecule has 0 atom stereocenters. The quantitative estimate of drug-likeness (QED) is 0.416. The van der Waals surface area contributed by atoms with Gasteiger partial charge in [0.05, 0.1) is 13.7 Å². The summed E-state index contributed by atoms with van der Waals surface area (Å²) in [6.07, 6.45) is 0. The molecule has 3 aromatic carbocycles. The Morgan fingerprint density at radius 2 is 1.67 bits per heavy atom. The van der Waals surface area contributed by atoms with Crippen molar-refractivity contribution < 1.29 is 31.3 Å². The van der Waals surface area contributed by atoms with Gasteiger partial charge in [-0.2, -0.15) is 8.42 Å². The van der Waals surface area contributed by atoms with Gasteiger partial charge in [0.25, 0.3) is 5.91 Å². The topological polar surface area (TPSA) is 82.1 Å². The Hall–Kier alpha value is -3.43. The minimum atomic E-state index is -4.06. The van der Waals surface area contributed by atoms with E-state index in [-0.39, 0.29) is 41.8 Å². The molecule has 3 rings (SSSR count). The van der Waals surface area contributed by atoms with Crippen LogP contribution in [-0.4, -0.2) is 46.6 Å². The van der Waals surface area contributed by atoms with Crippen LogP contribution in [0.15, 0.2) is 77.7 Å². The molecule has 0 aliphatic carbocycles. The standard InChI is InChI=1S/C24H24FNO6S/c1-30-14-13-26(24(27)19-6-4-7-20(25)16-19)17-18-5-3-8-22(15-18)32-33(28,29)23-11-9-21(31-2)10-12-23/h3-12,15-16H,13-14,17H2,1-2H3. The third-order valence-corrected chi connectivity index (χ3v) is 6.01. The number of hydrogen-bond acceptors (Lipinski definition) is 6. The summed E-state index contributed by atoms with van der Waals surface area (Å²) in [5.41, 5.74) is 0.846. The van der Waals surface area contributed by atoms with Gasteiger partial charge >= 0.3 is 10.1 Å². The van der Waals surface area contributed by atoms with E-state index in [1.165, 1.54) is 73.7 Å². The molecule has 9 heteroatoms. The molecule has 0 aromatic heterocycles. The molecule has 0 spiro atoms. The number of benzene rings is 3. The van der Waals surface area contributed by atoms with Crippen molar-refractivity contribution in [3.63, 3.8) is 0 Å². The lowest BCUT2D eigenvalue weighted by atomic mass is 10.1. The molecule has 0 N–H and O–H groups in total. The maximum absolute atomic E-state index is 13.6. The zero-order valence-corrected chi connectivity index (χ0v) is 19.0. The molecule has 0 aliphatic heterocycles. The second-order valence-electron chi connectivity index (χ2n) is 7.09. The molecule has 174 valence electrons. The zero-order chi connectivity index (χ0) is 23.8. The fourth-order valence-corrected chi connectivity index (χ4v) is 4.01. The number of rotatable bonds is 10. The molecular formula is C24H24FNO6S. The Labute approximate surface area is 192 Å². The van der Waals surface area contributed by atoms with E-state index in [1.807, 2.05) is 0 Å². The second-order valence-corrected chi connectivity index (χ2v) is 8.64. The van der Waals surface area contributed by atoms with Crippen molar-refractivity contribution in [2.45, 2.75) is 11.4 Å². The summed E-state index contributed by atoms with van der Waals surface area (Å²) in [5, 5.41) is 0. The van der Waals surface area contributed by atoms with Crippen molar-refractivity contribution in [1.82, 2.24) is 4.90 Å². The fourth-order valence-electron chi connectivity index (χ4n) is 3.09. The molecule has 3 aromatic rings. The van der Waals surface area contributed by atoms with Crippen LogP contribution < -0.4 is 8.92 Å². The highest BCUT2D eigenvalue weighted by Gasteiger charge is 2.19. The average Bonchev–Trinajstić information content (AvgIpc) is 2.81. The lowest BCUT2D eigenvalue weighted by Gasteiger charge is -2.23. The van der Waals surface area contributed by atoms with Gasteiger partial charge in [0.15, 0.2) is 0 Å². The first-order chi connectivity index (χ1) is 15.8. The molecule has 0 unspecified atom stereocenters. The monoisotopic (exact) mass is 473 g/mol. The average molecular weight is 474 g/mol. The largest absolute Gasteiger partial charge is 0.497 e. The minimum Gasteiger partial charge on any atom is -0.497 e. The molecular weight excluding hydrogens is 449 g/mol. The highest BCUT2D eigenvalue weighted by atomic mass is 32.2. The number of hydrogen-bond donors (Lipinski definition) is 0. The van der Waals surface area contributed by atoms with Crippen LogP contribution in [0.25, 0.3) is 0 Å². The van der Waals surface area contributed by atoms with E-state index < -0.39 is 15.9 Å². The van der Waals surface area contributed by atoms with E-state index >= 15 is 0 Å². The van der Waals surface area contributed by atoms with Crippen LogP contribution >= 0.6 is 0 Å². The first kappa shape index (κ1) is 24.2. The number of methoxy groups -OCH3 is 2.